The minimum absolute atomic E-state index is 0.915. The zero-order chi connectivity index (χ0) is 23.0. The maximum absolute atomic E-state index is 12.9. The highest BCUT2D eigenvalue weighted by molar-refractivity contribution is 6.41. The highest BCUT2D eigenvalue weighted by Gasteiger charge is 2.59. The fourth-order valence-corrected chi connectivity index (χ4v) is 2.54. The first-order valence-corrected chi connectivity index (χ1v) is 9.05. The van der Waals surface area contributed by atoms with Gasteiger partial charge in [-0.2, -0.15) is 0 Å². The topological polar surface area (TPSA) is 149 Å². The Balaban J connectivity index is 6.41. The molecule has 0 aliphatic heterocycles. The lowest BCUT2D eigenvalue weighted by molar-refractivity contribution is -0.198. The molecule has 0 heterocycles. The van der Waals surface area contributed by atoms with Gasteiger partial charge in [0.2, 0.25) is 11.6 Å². The second-order valence-electron chi connectivity index (χ2n) is 10.3. The van der Waals surface area contributed by atoms with E-state index >= 15 is 0 Å². The summed E-state index contributed by atoms with van der Waals surface area (Å²) >= 11 is 0. The third kappa shape index (κ3) is 5.31. The molecular formula is C20H34O8. The van der Waals surface area contributed by atoms with E-state index in [1.807, 2.05) is 0 Å². The van der Waals surface area contributed by atoms with E-state index in [4.69, 9.17) is 0 Å². The van der Waals surface area contributed by atoms with Gasteiger partial charge < -0.3 is 20.4 Å². The van der Waals surface area contributed by atoms with Crippen LogP contribution in [0.2, 0.25) is 0 Å². The standard InChI is InChI=1S/C20H34O8/c1-17(2,3)12(23)10(21)14(25)20(28,16(27)19(7,8)9)15(26)11(22)13(24)18(4,5)6/h10,14-15,21,25-26,28H,1-9H3/t10?,14-,15+,20-/m1/s1. The average molecular weight is 402 g/mol. The number of carbonyl (C=O) groups is 4. The van der Waals surface area contributed by atoms with E-state index in [-0.39, 0.29) is 0 Å². The van der Waals surface area contributed by atoms with Gasteiger partial charge in [0.15, 0.2) is 23.3 Å². The summed E-state index contributed by atoms with van der Waals surface area (Å²) in [6, 6.07) is 0. The van der Waals surface area contributed by atoms with Crippen molar-refractivity contribution in [2.75, 3.05) is 0 Å². The molecule has 0 fully saturated rings. The van der Waals surface area contributed by atoms with Crippen LogP contribution in [0.1, 0.15) is 62.3 Å². The summed E-state index contributed by atoms with van der Waals surface area (Å²) in [7, 11) is 0. The van der Waals surface area contributed by atoms with Gasteiger partial charge >= 0.3 is 0 Å². The second kappa shape index (κ2) is 8.10. The molecule has 0 aromatic carbocycles. The van der Waals surface area contributed by atoms with Crippen molar-refractivity contribution >= 4 is 23.1 Å². The fraction of sp³-hybridized carbons (Fsp3) is 0.800. The number of aliphatic hydroxyl groups excluding tert-OH is 3. The molecule has 0 rings (SSSR count). The van der Waals surface area contributed by atoms with Gasteiger partial charge in [-0.3, -0.25) is 19.2 Å². The SMILES string of the molecule is CC(C)(C)C(=O)C(=O)[C@H](O)[C@@](O)(C(=O)C(C)(C)C)[C@H](O)C(O)C(=O)C(C)(C)C. The quantitative estimate of drug-likeness (QED) is 0.442. The molecule has 8 nitrogen and oxygen atoms in total. The minimum atomic E-state index is -3.27. The van der Waals surface area contributed by atoms with Crippen molar-refractivity contribution in [1.29, 1.82) is 0 Å². The Morgan fingerprint density at radius 2 is 1.07 bits per heavy atom. The van der Waals surface area contributed by atoms with E-state index in [1.54, 1.807) is 0 Å². The lowest BCUT2D eigenvalue weighted by Crippen LogP contribution is -2.68. The maximum Gasteiger partial charge on any atom is 0.230 e. The van der Waals surface area contributed by atoms with Crippen molar-refractivity contribution < 1.29 is 39.6 Å². The summed E-state index contributed by atoms with van der Waals surface area (Å²) in [5.41, 5.74) is -7.03. The Bertz CT molecular complexity index is 645. The van der Waals surface area contributed by atoms with Crippen LogP contribution in [0.5, 0.6) is 0 Å². The Hall–Kier alpha value is -1.48. The van der Waals surface area contributed by atoms with Gasteiger partial charge in [-0.05, 0) is 0 Å². The summed E-state index contributed by atoms with van der Waals surface area (Å²) in [5.74, 6) is -4.69. The molecule has 4 N–H and O–H groups in total. The van der Waals surface area contributed by atoms with Crippen LogP contribution in [0.3, 0.4) is 0 Å². The number of hydrogen-bond acceptors (Lipinski definition) is 8. The predicted octanol–water partition coefficient (Wildman–Crippen LogP) is 0.215. The molecule has 0 saturated heterocycles. The monoisotopic (exact) mass is 402 g/mol. The lowest BCUT2D eigenvalue weighted by Gasteiger charge is -2.41. The molecule has 0 bridgehead atoms. The number of hydrogen-bond donors (Lipinski definition) is 4. The van der Waals surface area contributed by atoms with Crippen molar-refractivity contribution in [2.45, 2.75) is 86.2 Å². The van der Waals surface area contributed by atoms with Crippen LogP contribution in [0.4, 0.5) is 0 Å². The van der Waals surface area contributed by atoms with Gasteiger partial charge in [0.25, 0.3) is 0 Å². The van der Waals surface area contributed by atoms with Crippen LogP contribution in [0, 0.1) is 16.2 Å². The van der Waals surface area contributed by atoms with E-state index in [2.05, 4.69) is 0 Å². The first-order chi connectivity index (χ1) is 12.1. The molecule has 28 heavy (non-hydrogen) atoms. The zero-order valence-electron chi connectivity index (χ0n) is 18.2. The van der Waals surface area contributed by atoms with Gasteiger partial charge in [0.05, 0.1) is 0 Å². The van der Waals surface area contributed by atoms with Gasteiger partial charge in [0, 0.05) is 16.2 Å². The molecule has 0 aliphatic carbocycles. The first kappa shape index (κ1) is 26.5. The molecule has 0 aliphatic rings. The van der Waals surface area contributed by atoms with Gasteiger partial charge in [0.1, 0.15) is 12.2 Å². The van der Waals surface area contributed by atoms with Crippen LogP contribution in [-0.2, 0) is 19.2 Å². The number of rotatable bonds is 7. The second-order valence-corrected chi connectivity index (χ2v) is 10.3. The molecule has 0 saturated carbocycles. The average Bonchev–Trinajstić information content (AvgIpc) is 2.53. The normalized spacial score (nSPS) is 18.6. The summed E-state index contributed by atoms with van der Waals surface area (Å²) < 4.78 is 0. The highest BCUT2D eigenvalue weighted by atomic mass is 16.4. The van der Waals surface area contributed by atoms with E-state index in [9.17, 15) is 39.6 Å². The Morgan fingerprint density at radius 1 is 0.679 bits per heavy atom. The number of ketones is 4. The fourth-order valence-electron chi connectivity index (χ4n) is 2.54. The number of carbonyl (C=O) groups excluding carboxylic acids is 4. The van der Waals surface area contributed by atoms with Crippen LogP contribution in [0.25, 0.3) is 0 Å². The predicted molar refractivity (Wildman–Crippen MR) is 101 cm³/mol. The molecule has 8 heteroatoms. The smallest absolute Gasteiger partial charge is 0.230 e. The molecule has 0 radical (unpaired) electrons. The maximum atomic E-state index is 12.9. The summed E-state index contributed by atoms with van der Waals surface area (Å²) in [6.45, 7) is 12.6. The van der Waals surface area contributed by atoms with E-state index in [0.29, 0.717) is 0 Å². The largest absolute Gasteiger partial charge is 0.386 e. The van der Waals surface area contributed by atoms with E-state index < -0.39 is 63.3 Å². The van der Waals surface area contributed by atoms with Crippen LogP contribution in [-0.4, -0.2) is 67.5 Å². The summed E-state index contributed by atoms with van der Waals surface area (Å²) in [4.78, 5) is 50.0. The van der Waals surface area contributed by atoms with Crippen molar-refractivity contribution in [1.82, 2.24) is 0 Å². The molecule has 162 valence electrons. The van der Waals surface area contributed by atoms with Gasteiger partial charge in [-0.15, -0.1) is 0 Å². The van der Waals surface area contributed by atoms with E-state index in [1.165, 1.54) is 62.3 Å². The van der Waals surface area contributed by atoms with Crippen molar-refractivity contribution in [2.24, 2.45) is 16.2 Å². The molecule has 4 atom stereocenters. The summed E-state index contributed by atoms with van der Waals surface area (Å²) in [6.07, 6.45) is -7.47. The molecule has 0 aromatic heterocycles. The van der Waals surface area contributed by atoms with Crippen molar-refractivity contribution in [3.8, 4) is 0 Å². The zero-order valence-corrected chi connectivity index (χ0v) is 18.2. The Labute approximate surface area is 165 Å². The Morgan fingerprint density at radius 3 is 1.36 bits per heavy atom. The summed E-state index contributed by atoms with van der Waals surface area (Å²) in [5, 5.41) is 42.3. The number of aliphatic hydroxyl groups is 4. The molecule has 0 spiro atoms. The van der Waals surface area contributed by atoms with Crippen molar-refractivity contribution in [3.05, 3.63) is 0 Å². The van der Waals surface area contributed by atoms with Crippen LogP contribution in [0.15, 0.2) is 0 Å². The first-order valence-electron chi connectivity index (χ1n) is 9.05. The van der Waals surface area contributed by atoms with Crippen LogP contribution < -0.4 is 0 Å². The Kier molecular flexibility index (Phi) is 7.67. The molecule has 1 unspecified atom stereocenters. The highest BCUT2D eigenvalue weighted by Crippen LogP contribution is 2.33. The van der Waals surface area contributed by atoms with Crippen LogP contribution >= 0.6 is 0 Å². The van der Waals surface area contributed by atoms with Gasteiger partial charge in [-0.1, -0.05) is 62.3 Å². The third-order valence-electron chi connectivity index (χ3n) is 4.37. The van der Waals surface area contributed by atoms with Crippen molar-refractivity contribution in [3.63, 3.8) is 0 Å². The molecule has 0 amide bonds. The third-order valence-corrected chi connectivity index (χ3v) is 4.37. The molecule has 0 aromatic rings. The van der Waals surface area contributed by atoms with E-state index in [0.717, 1.165) is 0 Å². The number of Topliss-reactive ketones (excluding diaryl/α,β-unsaturated/α-hetero) is 4. The molecular weight excluding hydrogens is 368 g/mol. The lowest BCUT2D eigenvalue weighted by atomic mass is 9.69. The van der Waals surface area contributed by atoms with Gasteiger partial charge in [-0.25, -0.2) is 0 Å². The minimum Gasteiger partial charge on any atom is -0.386 e.